The van der Waals surface area contributed by atoms with Crippen LogP contribution >= 0.6 is 11.6 Å². The van der Waals surface area contributed by atoms with E-state index in [1.807, 2.05) is 58.9 Å². The second-order valence-electron chi connectivity index (χ2n) is 11.6. The van der Waals surface area contributed by atoms with Gasteiger partial charge in [-0.05, 0) is 57.1 Å². The van der Waals surface area contributed by atoms with Crippen LogP contribution in [0.1, 0.15) is 85.1 Å². The number of amides is 4. The number of aromatic amines is 1. The number of fused-ring (bicyclic) bond motifs is 1. The summed E-state index contributed by atoms with van der Waals surface area (Å²) in [6, 6.07) is 4.12. The molecule has 3 rings (SSSR count). The first kappa shape index (κ1) is 33.2. The topological polar surface area (TPSA) is 144 Å². The molecule has 0 spiro atoms. The average Bonchev–Trinajstić information content (AvgIpc) is 3.27. The Morgan fingerprint density at radius 2 is 1.67 bits per heavy atom. The predicted octanol–water partition coefficient (Wildman–Crippen LogP) is 5.00. The Bertz CT molecular complexity index is 1240. The highest BCUT2D eigenvalue weighted by atomic mass is 35.5. The van der Waals surface area contributed by atoms with Crippen LogP contribution in [-0.4, -0.2) is 69.0 Å². The van der Waals surface area contributed by atoms with Crippen LogP contribution in [0.3, 0.4) is 0 Å². The largest absolute Gasteiger partial charge is 0.480 e. The van der Waals surface area contributed by atoms with E-state index in [9.17, 15) is 24.3 Å². The number of benzene rings is 1. The number of carbonyl (C=O) groups excluding carboxylic acids is 3. The van der Waals surface area contributed by atoms with Gasteiger partial charge in [-0.15, -0.1) is 0 Å². The molecule has 42 heavy (non-hydrogen) atoms. The number of urea groups is 1. The zero-order valence-electron chi connectivity index (χ0n) is 25.3. The summed E-state index contributed by atoms with van der Waals surface area (Å²) in [7, 11) is 0. The number of para-hydroxylation sites is 1. The summed E-state index contributed by atoms with van der Waals surface area (Å²) < 4.78 is 0. The molecule has 4 amide bonds. The standard InChI is InChI=1S/C31H46ClN5O5/c1-6-8-15-24(30(40)41)34-28(38)25(17-22-21-14-9-10-16-23(21)33-27(22)32)35-29(39)26(18(3)7-2)36-31(42)37-19(4)12-11-13-20(37)5/h9-10,14,16,18-20,24-26,33H,6-8,11-13,15,17H2,1-5H3,(H,34,38)(H,35,39)(H,36,42)(H,40,41)/t18?,19-,20+,24?,25-,26?/m1/s1. The molecule has 2 aromatic rings. The fourth-order valence-corrected chi connectivity index (χ4v) is 5.99. The molecule has 232 valence electrons. The number of carbonyl (C=O) groups is 4. The van der Waals surface area contributed by atoms with Crippen LogP contribution in [0.2, 0.25) is 5.15 Å². The molecule has 3 unspecified atom stereocenters. The molecular weight excluding hydrogens is 558 g/mol. The molecule has 5 N–H and O–H groups in total. The number of carboxylic acid groups (broad SMARTS) is 1. The third kappa shape index (κ3) is 8.18. The molecule has 1 aromatic heterocycles. The van der Waals surface area contributed by atoms with E-state index in [0.717, 1.165) is 36.6 Å². The molecule has 10 nitrogen and oxygen atoms in total. The van der Waals surface area contributed by atoms with E-state index >= 15 is 0 Å². The maximum absolute atomic E-state index is 13.8. The van der Waals surface area contributed by atoms with Crippen molar-refractivity contribution in [2.45, 2.75) is 116 Å². The first-order valence-corrected chi connectivity index (χ1v) is 15.5. The highest BCUT2D eigenvalue weighted by molar-refractivity contribution is 6.31. The van der Waals surface area contributed by atoms with Gasteiger partial charge in [0.1, 0.15) is 23.3 Å². The summed E-state index contributed by atoms with van der Waals surface area (Å²) in [5.74, 6) is -2.49. The van der Waals surface area contributed by atoms with E-state index in [4.69, 9.17) is 11.6 Å². The Kier molecular flexibility index (Phi) is 12.1. The van der Waals surface area contributed by atoms with E-state index in [1.54, 1.807) is 4.90 Å². The molecule has 6 atom stereocenters. The highest BCUT2D eigenvalue weighted by Gasteiger charge is 2.35. The van der Waals surface area contributed by atoms with Gasteiger partial charge in [-0.2, -0.15) is 0 Å². The van der Waals surface area contributed by atoms with Crippen molar-refractivity contribution in [1.29, 1.82) is 0 Å². The molecule has 1 saturated heterocycles. The van der Waals surface area contributed by atoms with E-state index in [1.165, 1.54) is 0 Å². The number of piperidine rings is 1. The van der Waals surface area contributed by atoms with E-state index in [-0.39, 0.29) is 36.9 Å². The van der Waals surface area contributed by atoms with Gasteiger partial charge >= 0.3 is 12.0 Å². The van der Waals surface area contributed by atoms with Crippen LogP contribution in [0, 0.1) is 5.92 Å². The summed E-state index contributed by atoms with van der Waals surface area (Å²) in [5.41, 5.74) is 1.41. The molecule has 2 heterocycles. The normalized spacial score (nSPS) is 19.9. The Hall–Kier alpha value is -3.27. The summed E-state index contributed by atoms with van der Waals surface area (Å²) in [4.78, 5) is 57.7. The second kappa shape index (κ2) is 15.3. The van der Waals surface area contributed by atoms with Gasteiger partial charge in [0.15, 0.2) is 0 Å². The lowest BCUT2D eigenvalue weighted by Gasteiger charge is -2.40. The van der Waals surface area contributed by atoms with Crippen molar-refractivity contribution in [3.63, 3.8) is 0 Å². The monoisotopic (exact) mass is 603 g/mol. The number of carboxylic acids is 1. The zero-order chi connectivity index (χ0) is 31.0. The van der Waals surface area contributed by atoms with Crippen LogP contribution < -0.4 is 16.0 Å². The van der Waals surface area contributed by atoms with Crippen molar-refractivity contribution >= 4 is 46.3 Å². The van der Waals surface area contributed by atoms with Crippen molar-refractivity contribution in [1.82, 2.24) is 25.8 Å². The van der Waals surface area contributed by atoms with Crippen LogP contribution in [0.5, 0.6) is 0 Å². The molecule has 0 aliphatic carbocycles. The molecule has 1 aliphatic heterocycles. The molecule has 1 aliphatic rings. The van der Waals surface area contributed by atoms with Crippen molar-refractivity contribution in [2.24, 2.45) is 5.92 Å². The van der Waals surface area contributed by atoms with Gasteiger partial charge in [-0.1, -0.05) is 69.8 Å². The van der Waals surface area contributed by atoms with Gasteiger partial charge in [0.25, 0.3) is 0 Å². The van der Waals surface area contributed by atoms with Crippen molar-refractivity contribution in [3.05, 3.63) is 35.0 Å². The van der Waals surface area contributed by atoms with Crippen LogP contribution in [0.15, 0.2) is 24.3 Å². The van der Waals surface area contributed by atoms with Gasteiger partial charge in [0, 0.05) is 29.4 Å². The number of likely N-dealkylation sites (tertiary alicyclic amines) is 1. The number of hydrogen-bond donors (Lipinski definition) is 5. The first-order valence-electron chi connectivity index (χ1n) is 15.2. The maximum atomic E-state index is 13.8. The molecular formula is C31H46ClN5O5. The second-order valence-corrected chi connectivity index (χ2v) is 12.0. The number of aliphatic carboxylic acids is 1. The third-order valence-electron chi connectivity index (χ3n) is 8.47. The third-order valence-corrected chi connectivity index (χ3v) is 8.79. The lowest BCUT2D eigenvalue weighted by atomic mass is 9.96. The van der Waals surface area contributed by atoms with Gasteiger partial charge in [0.2, 0.25) is 11.8 Å². The lowest BCUT2D eigenvalue weighted by Crippen LogP contribution is -2.60. The van der Waals surface area contributed by atoms with Crippen LogP contribution in [0.25, 0.3) is 10.9 Å². The number of aromatic nitrogens is 1. The number of rotatable bonds is 13. The molecule has 11 heteroatoms. The Labute approximate surface area is 253 Å². The van der Waals surface area contributed by atoms with E-state index < -0.39 is 35.9 Å². The molecule has 1 fully saturated rings. The van der Waals surface area contributed by atoms with Crippen LogP contribution in [0.4, 0.5) is 4.79 Å². The SMILES string of the molecule is CCCCC(NC(=O)[C@@H](Cc1c(Cl)[nH]c2ccccc12)NC(=O)C(NC(=O)N1[C@H](C)CCC[C@@H]1C)C(C)CC)C(=O)O. The average molecular weight is 604 g/mol. The van der Waals surface area contributed by atoms with Gasteiger partial charge in [0.05, 0.1) is 0 Å². The summed E-state index contributed by atoms with van der Waals surface area (Å²) in [6.45, 7) is 9.78. The summed E-state index contributed by atoms with van der Waals surface area (Å²) in [5, 5.41) is 19.3. The fraction of sp³-hybridized carbons (Fsp3) is 0.613. The Morgan fingerprint density at radius 1 is 1.02 bits per heavy atom. The zero-order valence-corrected chi connectivity index (χ0v) is 26.1. The number of unbranched alkanes of at least 4 members (excludes halogenated alkanes) is 1. The van der Waals surface area contributed by atoms with Gasteiger partial charge < -0.3 is 30.9 Å². The smallest absolute Gasteiger partial charge is 0.326 e. The quantitative estimate of drug-likeness (QED) is 0.219. The number of nitrogens with zero attached hydrogens (tertiary/aromatic N) is 1. The number of H-pyrrole nitrogens is 1. The minimum atomic E-state index is -1.14. The molecule has 1 aromatic carbocycles. The van der Waals surface area contributed by atoms with Crippen molar-refractivity contribution in [3.8, 4) is 0 Å². The number of nitrogens with one attached hydrogen (secondary N) is 4. The fourth-order valence-electron chi connectivity index (χ4n) is 5.71. The Morgan fingerprint density at radius 3 is 2.29 bits per heavy atom. The van der Waals surface area contributed by atoms with Crippen molar-refractivity contribution in [2.75, 3.05) is 0 Å². The maximum Gasteiger partial charge on any atom is 0.326 e. The van der Waals surface area contributed by atoms with Gasteiger partial charge in [-0.3, -0.25) is 9.59 Å². The molecule has 0 radical (unpaired) electrons. The minimum absolute atomic E-state index is 0.0297. The van der Waals surface area contributed by atoms with Crippen molar-refractivity contribution < 1.29 is 24.3 Å². The Balaban J connectivity index is 1.89. The highest BCUT2D eigenvalue weighted by Crippen LogP contribution is 2.28. The minimum Gasteiger partial charge on any atom is -0.480 e. The molecule has 0 bridgehead atoms. The number of hydrogen-bond acceptors (Lipinski definition) is 4. The molecule has 0 saturated carbocycles. The van der Waals surface area contributed by atoms with Gasteiger partial charge in [-0.25, -0.2) is 9.59 Å². The summed E-state index contributed by atoms with van der Waals surface area (Å²) >= 11 is 6.54. The van der Waals surface area contributed by atoms with Crippen LogP contribution in [-0.2, 0) is 20.8 Å². The van der Waals surface area contributed by atoms with E-state index in [2.05, 4.69) is 20.9 Å². The van der Waals surface area contributed by atoms with E-state index in [0.29, 0.717) is 23.6 Å². The number of halogens is 1. The first-order chi connectivity index (χ1) is 20.0. The lowest BCUT2D eigenvalue weighted by molar-refractivity contribution is -0.142. The predicted molar refractivity (Wildman–Crippen MR) is 164 cm³/mol. The summed E-state index contributed by atoms with van der Waals surface area (Å²) in [6.07, 6.45) is 5.15.